The summed E-state index contributed by atoms with van der Waals surface area (Å²) >= 11 is 1.18. The number of amides is 4. The van der Waals surface area contributed by atoms with Crippen LogP contribution in [0.25, 0.3) is 10.8 Å². The third-order valence-electron chi connectivity index (χ3n) is 7.69. The Labute approximate surface area is 249 Å². The average Bonchev–Trinajstić information content (AvgIpc) is 3.46. The molecule has 1 aromatic heterocycles. The second kappa shape index (κ2) is 14.2. The highest BCUT2D eigenvalue weighted by Crippen LogP contribution is 2.31. The van der Waals surface area contributed by atoms with E-state index in [0.29, 0.717) is 36.1 Å². The van der Waals surface area contributed by atoms with Crippen LogP contribution in [0.15, 0.2) is 53.9 Å². The number of hydrogen-bond acceptors (Lipinski definition) is 6. The van der Waals surface area contributed by atoms with Crippen LogP contribution in [-0.4, -0.2) is 48.5 Å². The standard InChI is InChI=1S/C32H38N4O5S/c1-19(2)15-27(32(41)35-23(18-37)16-22-10-6-13-34-30(22)39)36-31(40)26(25-12-14-42-28(25)29(33)38)17-21-9-5-8-20-7-3-4-11-24(20)21/h3-5,7-9,11-12,14,18-19,22-23,26-27H,6,10,13,15-17H2,1-2H3,(H2,33,38)(H,34,39)(H,35,41)(H,36,40)/t22-,23-,26-,27-/m0/s1. The second-order valence-corrected chi connectivity index (χ2v) is 12.2. The lowest BCUT2D eigenvalue weighted by Gasteiger charge is -2.27. The molecule has 2 aromatic carbocycles. The Balaban J connectivity index is 1.59. The van der Waals surface area contributed by atoms with Crippen molar-refractivity contribution < 1.29 is 24.0 Å². The molecule has 9 nitrogen and oxygen atoms in total. The van der Waals surface area contributed by atoms with Gasteiger partial charge in [0.15, 0.2) is 0 Å². The number of nitrogens with one attached hydrogen (secondary N) is 3. The van der Waals surface area contributed by atoms with Crippen LogP contribution in [0.5, 0.6) is 0 Å². The van der Waals surface area contributed by atoms with Gasteiger partial charge in [-0.25, -0.2) is 0 Å². The lowest BCUT2D eigenvalue weighted by Crippen LogP contribution is -2.52. The maximum Gasteiger partial charge on any atom is 0.259 e. The van der Waals surface area contributed by atoms with Gasteiger partial charge < -0.3 is 26.5 Å². The lowest BCUT2D eigenvalue weighted by atomic mass is 9.88. The molecule has 1 aliphatic rings. The molecule has 4 amide bonds. The Morgan fingerprint density at radius 1 is 1.07 bits per heavy atom. The number of piperidine rings is 1. The van der Waals surface area contributed by atoms with Crippen molar-refractivity contribution in [3.8, 4) is 0 Å². The van der Waals surface area contributed by atoms with Gasteiger partial charge >= 0.3 is 0 Å². The number of fused-ring (bicyclic) bond motifs is 1. The van der Waals surface area contributed by atoms with E-state index in [9.17, 15) is 24.0 Å². The summed E-state index contributed by atoms with van der Waals surface area (Å²) in [6, 6.07) is 13.7. The number of primary amides is 1. The maximum absolute atomic E-state index is 14.0. The Hall–Kier alpha value is -4.05. The monoisotopic (exact) mass is 590 g/mol. The Kier molecular flexibility index (Phi) is 10.5. The normalized spacial score (nSPS) is 17.2. The quantitative estimate of drug-likeness (QED) is 0.225. The van der Waals surface area contributed by atoms with Crippen molar-refractivity contribution >= 4 is 52.0 Å². The summed E-state index contributed by atoms with van der Waals surface area (Å²) in [6.07, 6.45) is 2.92. The van der Waals surface area contributed by atoms with Crippen molar-refractivity contribution in [2.24, 2.45) is 17.6 Å². The highest BCUT2D eigenvalue weighted by atomic mass is 32.1. The van der Waals surface area contributed by atoms with Gasteiger partial charge in [-0.15, -0.1) is 11.3 Å². The zero-order valence-electron chi connectivity index (χ0n) is 23.9. The molecular weight excluding hydrogens is 552 g/mol. The summed E-state index contributed by atoms with van der Waals surface area (Å²) in [5.41, 5.74) is 7.10. The summed E-state index contributed by atoms with van der Waals surface area (Å²) in [5.74, 6) is -2.74. The summed E-state index contributed by atoms with van der Waals surface area (Å²) in [6.45, 7) is 4.48. The minimum atomic E-state index is -0.925. The van der Waals surface area contributed by atoms with E-state index in [1.807, 2.05) is 56.3 Å². The molecule has 0 unspecified atom stereocenters. The largest absolute Gasteiger partial charge is 0.365 e. The zero-order valence-corrected chi connectivity index (χ0v) is 24.7. The van der Waals surface area contributed by atoms with E-state index >= 15 is 0 Å². The van der Waals surface area contributed by atoms with Crippen molar-refractivity contribution in [3.05, 3.63) is 69.9 Å². The molecule has 2 heterocycles. The van der Waals surface area contributed by atoms with E-state index in [1.165, 1.54) is 11.3 Å². The van der Waals surface area contributed by atoms with Crippen LogP contribution in [0.3, 0.4) is 0 Å². The Morgan fingerprint density at radius 2 is 1.83 bits per heavy atom. The van der Waals surface area contributed by atoms with E-state index < -0.39 is 35.7 Å². The number of aldehydes is 1. The lowest BCUT2D eigenvalue weighted by molar-refractivity contribution is -0.131. The molecule has 0 bridgehead atoms. The zero-order chi connectivity index (χ0) is 30.2. The van der Waals surface area contributed by atoms with Gasteiger partial charge in [0.1, 0.15) is 12.3 Å². The molecule has 10 heteroatoms. The number of benzene rings is 2. The van der Waals surface area contributed by atoms with E-state index in [-0.39, 0.29) is 30.6 Å². The van der Waals surface area contributed by atoms with Crippen LogP contribution < -0.4 is 21.7 Å². The third-order valence-corrected chi connectivity index (χ3v) is 8.63. The van der Waals surface area contributed by atoms with Crippen molar-refractivity contribution in [2.75, 3.05) is 6.54 Å². The fraction of sp³-hybridized carbons (Fsp3) is 0.406. The third kappa shape index (κ3) is 7.61. The predicted molar refractivity (Wildman–Crippen MR) is 163 cm³/mol. The fourth-order valence-corrected chi connectivity index (χ4v) is 6.42. The summed E-state index contributed by atoms with van der Waals surface area (Å²) in [7, 11) is 0. The number of carbonyl (C=O) groups is 5. The van der Waals surface area contributed by atoms with Gasteiger partial charge in [0.2, 0.25) is 17.7 Å². The van der Waals surface area contributed by atoms with E-state index in [4.69, 9.17) is 5.73 Å². The molecule has 5 N–H and O–H groups in total. The molecular formula is C32H38N4O5S. The number of rotatable bonds is 13. The number of hydrogen-bond donors (Lipinski definition) is 4. The molecule has 3 aromatic rings. The van der Waals surface area contributed by atoms with Gasteiger partial charge in [0, 0.05) is 12.5 Å². The summed E-state index contributed by atoms with van der Waals surface area (Å²) < 4.78 is 0. The molecule has 0 aliphatic carbocycles. The van der Waals surface area contributed by atoms with Gasteiger partial charge in [-0.3, -0.25) is 19.2 Å². The minimum absolute atomic E-state index is 0.0544. The predicted octanol–water partition coefficient (Wildman–Crippen LogP) is 3.46. The van der Waals surface area contributed by atoms with Crippen molar-refractivity contribution in [3.63, 3.8) is 0 Å². The van der Waals surface area contributed by atoms with E-state index in [0.717, 1.165) is 22.8 Å². The van der Waals surface area contributed by atoms with E-state index in [2.05, 4.69) is 16.0 Å². The maximum atomic E-state index is 14.0. The smallest absolute Gasteiger partial charge is 0.259 e. The summed E-state index contributed by atoms with van der Waals surface area (Å²) in [5, 5.41) is 12.2. The first-order valence-electron chi connectivity index (χ1n) is 14.4. The molecule has 0 radical (unpaired) electrons. The fourth-order valence-electron chi connectivity index (χ4n) is 5.60. The highest BCUT2D eigenvalue weighted by molar-refractivity contribution is 7.12. The molecule has 222 valence electrons. The van der Waals surface area contributed by atoms with Crippen molar-refractivity contribution in [1.29, 1.82) is 0 Å². The second-order valence-electron chi connectivity index (χ2n) is 11.3. The molecule has 4 rings (SSSR count). The van der Waals surface area contributed by atoms with Gasteiger partial charge in [-0.2, -0.15) is 0 Å². The van der Waals surface area contributed by atoms with Crippen molar-refractivity contribution in [2.45, 2.75) is 64.0 Å². The van der Waals surface area contributed by atoms with Crippen LogP contribution in [0.1, 0.15) is 66.2 Å². The number of carbonyl (C=O) groups excluding carboxylic acids is 5. The van der Waals surface area contributed by atoms with Crippen LogP contribution in [-0.2, 0) is 25.6 Å². The Bertz CT molecular complexity index is 1450. The van der Waals surface area contributed by atoms with Crippen LogP contribution in [0, 0.1) is 11.8 Å². The molecule has 1 aliphatic heterocycles. The molecule has 1 fully saturated rings. The first-order chi connectivity index (χ1) is 20.2. The molecule has 0 saturated carbocycles. The van der Waals surface area contributed by atoms with Crippen LogP contribution in [0.2, 0.25) is 0 Å². The van der Waals surface area contributed by atoms with Crippen LogP contribution >= 0.6 is 11.3 Å². The van der Waals surface area contributed by atoms with Crippen LogP contribution in [0.4, 0.5) is 0 Å². The first-order valence-corrected chi connectivity index (χ1v) is 15.2. The van der Waals surface area contributed by atoms with Gasteiger partial charge in [0.25, 0.3) is 5.91 Å². The van der Waals surface area contributed by atoms with Gasteiger partial charge in [0.05, 0.1) is 16.8 Å². The first kappa shape index (κ1) is 30.9. The topological polar surface area (TPSA) is 147 Å². The molecule has 4 atom stereocenters. The molecule has 1 saturated heterocycles. The SMILES string of the molecule is CC(C)C[C@H](NC(=O)[C@@H](Cc1cccc2ccccc12)c1ccsc1C(N)=O)C(=O)N[C@H](C=O)C[C@@H]1CCCNC1=O. The highest BCUT2D eigenvalue weighted by Gasteiger charge is 2.32. The minimum Gasteiger partial charge on any atom is -0.365 e. The summed E-state index contributed by atoms with van der Waals surface area (Å²) in [4.78, 5) is 64.1. The average molecular weight is 591 g/mol. The van der Waals surface area contributed by atoms with Gasteiger partial charge in [-0.1, -0.05) is 56.3 Å². The molecule has 0 spiro atoms. The number of thiophene rings is 1. The Morgan fingerprint density at radius 3 is 2.55 bits per heavy atom. The van der Waals surface area contributed by atoms with E-state index in [1.54, 1.807) is 11.4 Å². The van der Waals surface area contributed by atoms with Gasteiger partial charge in [-0.05, 0) is 71.4 Å². The molecule has 42 heavy (non-hydrogen) atoms. The van der Waals surface area contributed by atoms with Crippen molar-refractivity contribution in [1.82, 2.24) is 16.0 Å². The number of nitrogens with two attached hydrogens (primary N) is 1.